The van der Waals surface area contributed by atoms with Crippen LogP contribution >= 0.6 is 11.6 Å². The molecule has 0 spiro atoms. The zero-order valence-corrected chi connectivity index (χ0v) is 11.4. The Hall–Kier alpha value is -2.00. The molecule has 2 aromatic carbocycles. The number of hydrogen-bond acceptors (Lipinski definition) is 2. The quantitative estimate of drug-likeness (QED) is 0.720. The van der Waals surface area contributed by atoms with Crippen molar-refractivity contribution in [2.45, 2.75) is 13.3 Å². The van der Waals surface area contributed by atoms with E-state index in [2.05, 4.69) is 16.5 Å². The van der Waals surface area contributed by atoms with Crippen LogP contribution in [0.5, 0.6) is 0 Å². The maximum absolute atomic E-state index is 5.94. The molecule has 3 rings (SSSR count). The van der Waals surface area contributed by atoms with E-state index in [0.717, 1.165) is 39.7 Å². The fraction of sp³-hybridized carbons (Fsp3) is 0.133. The first-order valence-electron chi connectivity index (χ1n) is 6.22. The predicted octanol–water partition coefficient (Wildman–Crippen LogP) is 3.82. The molecule has 0 fully saturated rings. The number of rotatable bonds is 2. The Morgan fingerprint density at radius 1 is 1.16 bits per heavy atom. The summed E-state index contributed by atoms with van der Waals surface area (Å²) in [5.41, 5.74) is 9.60. The molecule has 0 radical (unpaired) electrons. The molecule has 96 valence electrons. The van der Waals surface area contributed by atoms with E-state index in [-0.39, 0.29) is 0 Å². The molecule has 2 N–H and O–H groups in total. The lowest BCUT2D eigenvalue weighted by Crippen LogP contribution is -1.99. The molecule has 19 heavy (non-hydrogen) atoms. The van der Waals surface area contributed by atoms with Crippen molar-refractivity contribution in [1.82, 2.24) is 9.55 Å². The molecule has 1 heterocycles. The minimum absolute atomic E-state index is 0.732. The molecule has 3 aromatic rings. The maximum Gasteiger partial charge on any atom is 0.114 e. The summed E-state index contributed by atoms with van der Waals surface area (Å²) < 4.78 is 2.14. The van der Waals surface area contributed by atoms with Gasteiger partial charge in [-0.1, -0.05) is 18.5 Å². The number of halogens is 1. The summed E-state index contributed by atoms with van der Waals surface area (Å²) >= 11 is 5.94. The number of benzene rings is 2. The molecule has 0 amide bonds. The Labute approximate surface area is 116 Å². The maximum atomic E-state index is 5.94. The van der Waals surface area contributed by atoms with Gasteiger partial charge in [0.05, 0.1) is 11.0 Å². The van der Waals surface area contributed by atoms with E-state index in [4.69, 9.17) is 17.3 Å². The van der Waals surface area contributed by atoms with Gasteiger partial charge in [-0.15, -0.1) is 0 Å². The second-order valence-electron chi connectivity index (χ2n) is 4.44. The van der Waals surface area contributed by atoms with E-state index >= 15 is 0 Å². The zero-order chi connectivity index (χ0) is 13.4. The third kappa shape index (κ3) is 2.06. The average Bonchev–Trinajstić information content (AvgIpc) is 2.77. The topological polar surface area (TPSA) is 43.8 Å². The van der Waals surface area contributed by atoms with Gasteiger partial charge in [0, 0.05) is 22.8 Å². The molecule has 0 saturated carbocycles. The molecule has 3 nitrogen and oxygen atoms in total. The summed E-state index contributed by atoms with van der Waals surface area (Å²) in [6.07, 6.45) is 0.858. The number of hydrogen-bond donors (Lipinski definition) is 1. The Morgan fingerprint density at radius 2 is 1.89 bits per heavy atom. The highest BCUT2D eigenvalue weighted by molar-refractivity contribution is 6.30. The number of imidazole rings is 1. The van der Waals surface area contributed by atoms with Crippen molar-refractivity contribution in [3.8, 4) is 5.69 Å². The van der Waals surface area contributed by atoms with Crippen molar-refractivity contribution in [1.29, 1.82) is 0 Å². The standard InChI is InChI=1S/C15H14ClN3/c1-2-15-18-13-9-11(17)5-8-14(13)19(15)12-6-3-10(16)4-7-12/h3-9H,2,17H2,1H3. The van der Waals surface area contributed by atoms with Crippen LogP contribution in [0.4, 0.5) is 5.69 Å². The van der Waals surface area contributed by atoms with Crippen LogP contribution in [-0.2, 0) is 6.42 Å². The number of nitrogen functional groups attached to an aromatic ring is 1. The van der Waals surface area contributed by atoms with Gasteiger partial charge < -0.3 is 5.73 Å². The van der Waals surface area contributed by atoms with Gasteiger partial charge in [0.25, 0.3) is 0 Å². The van der Waals surface area contributed by atoms with E-state index in [9.17, 15) is 0 Å². The zero-order valence-electron chi connectivity index (χ0n) is 10.6. The Morgan fingerprint density at radius 3 is 2.58 bits per heavy atom. The molecule has 0 saturated heterocycles. The summed E-state index contributed by atoms with van der Waals surface area (Å²) in [5.74, 6) is 1.02. The summed E-state index contributed by atoms with van der Waals surface area (Å²) in [6.45, 7) is 2.09. The fourth-order valence-electron chi connectivity index (χ4n) is 2.26. The largest absolute Gasteiger partial charge is 0.399 e. The highest BCUT2D eigenvalue weighted by Crippen LogP contribution is 2.24. The van der Waals surface area contributed by atoms with Crippen molar-refractivity contribution in [3.63, 3.8) is 0 Å². The SMILES string of the molecule is CCc1nc2cc(N)ccc2n1-c1ccc(Cl)cc1. The highest BCUT2D eigenvalue weighted by Gasteiger charge is 2.11. The first-order chi connectivity index (χ1) is 9.19. The third-order valence-electron chi connectivity index (χ3n) is 3.15. The molecular formula is C15H14ClN3. The molecule has 1 aromatic heterocycles. The van der Waals surface area contributed by atoms with Gasteiger partial charge in [-0.2, -0.15) is 0 Å². The van der Waals surface area contributed by atoms with Crippen molar-refractivity contribution in [2.75, 3.05) is 5.73 Å². The van der Waals surface area contributed by atoms with Crippen LogP contribution < -0.4 is 5.73 Å². The fourth-order valence-corrected chi connectivity index (χ4v) is 2.39. The molecule has 0 bridgehead atoms. The lowest BCUT2D eigenvalue weighted by atomic mass is 10.2. The van der Waals surface area contributed by atoms with Gasteiger partial charge in [-0.3, -0.25) is 4.57 Å². The van der Waals surface area contributed by atoms with Gasteiger partial charge in [-0.25, -0.2) is 4.98 Å². The van der Waals surface area contributed by atoms with Crippen molar-refractivity contribution in [2.24, 2.45) is 0 Å². The van der Waals surface area contributed by atoms with E-state index in [1.807, 2.05) is 42.5 Å². The van der Waals surface area contributed by atoms with Crippen LogP contribution in [0.15, 0.2) is 42.5 Å². The summed E-state index contributed by atoms with van der Waals surface area (Å²) in [6, 6.07) is 13.6. The summed E-state index contributed by atoms with van der Waals surface area (Å²) in [4.78, 5) is 4.64. The third-order valence-corrected chi connectivity index (χ3v) is 3.40. The first-order valence-corrected chi connectivity index (χ1v) is 6.59. The number of nitrogens with two attached hydrogens (primary N) is 1. The normalized spacial score (nSPS) is 11.1. The molecular weight excluding hydrogens is 258 g/mol. The first kappa shape index (κ1) is 12.1. The van der Waals surface area contributed by atoms with Crippen LogP contribution in [-0.4, -0.2) is 9.55 Å². The van der Waals surface area contributed by atoms with Crippen molar-refractivity contribution in [3.05, 3.63) is 53.3 Å². The van der Waals surface area contributed by atoms with Crippen LogP contribution in [0, 0.1) is 0 Å². The van der Waals surface area contributed by atoms with Crippen LogP contribution in [0.3, 0.4) is 0 Å². The number of fused-ring (bicyclic) bond motifs is 1. The van der Waals surface area contributed by atoms with E-state index in [0.29, 0.717) is 0 Å². The Kier molecular flexibility index (Phi) is 2.91. The number of nitrogens with zero attached hydrogens (tertiary/aromatic N) is 2. The van der Waals surface area contributed by atoms with E-state index in [1.54, 1.807) is 0 Å². The lowest BCUT2D eigenvalue weighted by Gasteiger charge is -2.08. The molecule has 0 unspecified atom stereocenters. The van der Waals surface area contributed by atoms with Crippen molar-refractivity contribution < 1.29 is 0 Å². The minimum atomic E-state index is 0.732. The smallest absolute Gasteiger partial charge is 0.114 e. The van der Waals surface area contributed by atoms with Crippen LogP contribution in [0.1, 0.15) is 12.7 Å². The van der Waals surface area contributed by atoms with Crippen LogP contribution in [0.2, 0.25) is 5.02 Å². The number of aryl methyl sites for hydroxylation is 1. The van der Waals surface area contributed by atoms with Gasteiger partial charge in [0.1, 0.15) is 5.82 Å². The van der Waals surface area contributed by atoms with Gasteiger partial charge >= 0.3 is 0 Å². The second-order valence-corrected chi connectivity index (χ2v) is 4.88. The van der Waals surface area contributed by atoms with Crippen molar-refractivity contribution >= 4 is 28.3 Å². The van der Waals surface area contributed by atoms with E-state index < -0.39 is 0 Å². The highest BCUT2D eigenvalue weighted by atomic mass is 35.5. The van der Waals surface area contributed by atoms with E-state index in [1.165, 1.54) is 0 Å². The van der Waals surface area contributed by atoms with Gasteiger partial charge in [0.2, 0.25) is 0 Å². The molecule has 0 aliphatic heterocycles. The Bertz CT molecular complexity index is 729. The number of anilines is 1. The lowest BCUT2D eigenvalue weighted by molar-refractivity contribution is 0.908. The molecule has 0 aliphatic carbocycles. The monoisotopic (exact) mass is 271 g/mol. The number of aromatic nitrogens is 2. The van der Waals surface area contributed by atoms with Crippen LogP contribution in [0.25, 0.3) is 16.7 Å². The van der Waals surface area contributed by atoms with Gasteiger partial charge in [-0.05, 0) is 42.5 Å². The second kappa shape index (κ2) is 4.59. The minimum Gasteiger partial charge on any atom is -0.399 e. The average molecular weight is 272 g/mol. The predicted molar refractivity (Wildman–Crippen MR) is 79.9 cm³/mol. The molecule has 0 atom stereocenters. The van der Waals surface area contributed by atoms with Gasteiger partial charge in [0.15, 0.2) is 0 Å². The summed E-state index contributed by atoms with van der Waals surface area (Å²) in [7, 11) is 0. The molecule has 0 aliphatic rings. The summed E-state index contributed by atoms with van der Waals surface area (Å²) in [5, 5.41) is 0.732. The molecule has 4 heteroatoms. The Balaban J connectivity index is 2.29.